The molecule has 22 heavy (non-hydrogen) atoms. The van der Waals surface area contributed by atoms with E-state index in [0.29, 0.717) is 5.04 Å². The van der Waals surface area contributed by atoms with E-state index in [-0.39, 0.29) is 0 Å². The fraction of sp³-hybridized carbons (Fsp3) is 0.647. The lowest BCUT2D eigenvalue weighted by molar-refractivity contribution is 0.250. The first kappa shape index (κ1) is 19.4. The monoisotopic (exact) mass is 339 g/mol. The van der Waals surface area contributed by atoms with Gasteiger partial charge < -0.3 is 13.4 Å². The van der Waals surface area contributed by atoms with Gasteiger partial charge in [-0.1, -0.05) is 52.1 Å². The van der Waals surface area contributed by atoms with Crippen molar-refractivity contribution in [3.05, 3.63) is 30.3 Å². The summed E-state index contributed by atoms with van der Waals surface area (Å²) in [6.45, 7) is 15.1. The summed E-state index contributed by atoms with van der Waals surface area (Å²) in [6.07, 6.45) is 0. The molecule has 3 nitrogen and oxygen atoms in total. The molecule has 0 bridgehead atoms. The molecule has 0 aliphatic heterocycles. The molecule has 1 rings (SSSR count). The van der Waals surface area contributed by atoms with E-state index in [1.807, 2.05) is 0 Å². The Labute approximate surface area is 139 Å². The molecule has 0 aliphatic carbocycles. The highest BCUT2D eigenvalue weighted by molar-refractivity contribution is 6.83. The fourth-order valence-corrected chi connectivity index (χ4v) is 6.05. The van der Waals surface area contributed by atoms with Crippen molar-refractivity contribution < 1.29 is 8.85 Å². The summed E-state index contributed by atoms with van der Waals surface area (Å²) in [5.41, 5.74) is 1.32. The van der Waals surface area contributed by atoms with Gasteiger partial charge in [0.25, 0.3) is 0 Å². The lowest BCUT2D eigenvalue weighted by atomic mass is 10.2. The number of hydrogen-bond donors (Lipinski definition) is 0. The maximum Gasteiger partial charge on any atom is 0.336 e. The van der Waals surface area contributed by atoms with Crippen LogP contribution in [0.5, 0.6) is 0 Å². The quantitative estimate of drug-likeness (QED) is 0.662. The Kier molecular flexibility index (Phi) is 6.44. The van der Waals surface area contributed by atoms with Gasteiger partial charge in [-0.05, 0) is 23.7 Å². The van der Waals surface area contributed by atoms with E-state index in [9.17, 15) is 0 Å². The highest BCUT2D eigenvalue weighted by Gasteiger charge is 2.42. The van der Waals surface area contributed by atoms with Gasteiger partial charge in [0, 0.05) is 32.5 Å². The SMILES string of the molecule is CO[Si](C)(CCN(c1ccccc1)[Si](C)(C)C(C)(C)C)OC. The van der Waals surface area contributed by atoms with Crippen LogP contribution in [-0.2, 0) is 8.85 Å². The van der Waals surface area contributed by atoms with Crippen molar-refractivity contribution in [3.8, 4) is 0 Å². The zero-order valence-electron chi connectivity index (χ0n) is 15.6. The smallest absolute Gasteiger partial charge is 0.336 e. The average Bonchev–Trinajstić information content (AvgIpc) is 2.47. The van der Waals surface area contributed by atoms with Crippen LogP contribution in [0.1, 0.15) is 20.8 Å². The van der Waals surface area contributed by atoms with Gasteiger partial charge in [0.1, 0.15) is 0 Å². The van der Waals surface area contributed by atoms with E-state index in [1.54, 1.807) is 14.2 Å². The molecule has 1 aromatic rings. The molecular formula is C17H33NO2Si2. The summed E-state index contributed by atoms with van der Waals surface area (Å²) in [5, 5.41) is 0.293. The standard InChI is InChI=1S/C17H33NO2Si2/c1-17(2,3)21(6,7)18(16-12-10-9-11-13-16)14-15-22(8,19-4)20-5/h9-13H,14-15H2,1-8H3. The van der Waals surface area contributed by atoms with Gasteiger partial charge in [-0.15, -0.1) is 0 Å². The summed E-state index contributed by atoms with van der Waals surface area (Å²) < 4.78 is 14.0. The molecule has 0 spiro atoms. The molecule has 0 aromatic heterocycles. The molecule has 0 amide bonds. The number of benzene rings is 1. The average molecular weight is 340 g/mol. The molecule has 0 saturated carbocycles. The zero-order valence-corrected chi connectivity index (χ0v) is 17.6. The van der Waals surface area contributed by atoms with Crippen LogP contribution in [0.25, 0.3) is 0 Å². The van der Waals surface area contributed by atoms with Crippen molar-refractivity contribution >= 4 is 22.5 Å². The van der Waals surface area contributed by atoms with Gasteiger partial charge in [-0.3, -0.25) is 0 Å². The van der Waals surface area contributed by atoms with E-state index in [4.69, 9.17) is 8.85 Å². The van der Waals surface area contributed by atoms with Crippen LogP contribution in [0, 0.1) is 0 Å². The van der Waals surface area contributed by atoms with Crippen LogP contribution in [0.15, 0.2) is 30.3 Å². The molecule has 0 fully saturated rings. The topological polar surface area (TPSA) is 21.7 Å². The predicted octanol–water partition coefficient (Wildman–Crippen LogP) is 4.86. The lowest BCUT2D eigenvalue weighted by Crippen LogP contribution is -2.57. The van der Waals surface area contributed by atoms with Gasteiger partial charge in [-0.2, -0.15) is 0 Å². The Balaban J connectivity index is 3.09. The normalized spacial score (nSPS) is 13.3. The number of rotatable bonds is 7. The van der Waals surface area contributed by atoms with E-state index < -0.39 is 16.8 Å². The molecular weight excluding hydrogens is 306 g/mol. The molecule has 0 N–H and O–H groups in total. The van der Waals surface area contributed by atoms with Crippen LogP contribution in [0.2, 0.25) is 30.7 Å². The third-order valence-corrected chi connectivity index (χ3v) is 13.6. The molecule has 0 radical (unpaired) electrons. The molecule has 0 heterocycles. The summed E-state index contributed by atoms with van der Waals surface area (Å²) >= 11 is 0. The van der Waals surface area contributed by atoms with Crippen molar-refractivity contribution in [1.82, 2.24) is 0 Å². The zero-order chi connectivity index (χ0) is 17.0. The van der Waals surface area contributed by atoms with Gasteiger partial charge in [0.15, 0.2) is 8.24 Å². The third-order valence-electron chi connectivity index (χ3n) is 5.23. The van der Waals surface area contributed by atoms with Crippen molar-refractivity contribution in [2.45, 2.75) is 51.5 Å². The Morgan fingerprint density at radius 1 is 0.955 bits per heavy atom. The van der Waals surface area contributed by atoms with Gasteiger partial charge >= 0.3 is 8.56 Å². The van der Waals surface area contributed by atoms with Gasteiger partial charge in [0.05, 0.1) is 0 Å². The molecule has 5 heteroatoms. The second-order valence-corrected chi connectivity index (χ2v) is 16.3. The predicted molar refractivity (Wildman–Crippen MR) is 101 cm³/mol. The van der Waals surface area contributed by atoms with Crippen molar-refractivity contribution in [2.75, 3.05) is 25.3 Å². The van der Waals surface area contributed by atoms with Crippen LogP contribution in [0.4, 0.5) is 5.69 Å². The van der Waals surface area contributed by atoms with Gasteiger partial charge in [-0.25, -0.2) is 0 Å². The minimum Gasteiger partial charge on any atom is -0.398 e. The minimum atomic E-state index is -2.05. The third kappa shape index (κ3) is 4.44. The Morgan fingerprint density at radius 3 is 1.86 bits per heavy atom. The summed E-state index contributed by atoms with van der Waals surface area (Å²) in [7, 11) is -0.161. The van der Waals surface area contributed by atoms with Crippen molar-refractivity contribution in [1.29, 1.82) is 0 Å². The van der Waals surface area contributed by atoms with E-state index in [1.165, 1.54) is 5.69 Å². The number of nitrogens with zero attached hydrogens (tertiary/aromatic N) is 1. The summed E-state index contributed by atoms with van der Waals surface area (Å²) in [4.78, 5) is 0. The molecule has 1 aromatic carbocycles. The highest BCUT2D eigenvalue weighted by atomic mass is 28.4. The highest BCUT2D eigenvalue weighted by Crippen LogP contribution is 2.40. The summed E-state index contributed by atoms with van der Waals surface area (Å²) in [5.74, 6) is 0. The van der Waals surface area contributed by atoms with E-state index >= 15 is 0 Å². The molecule has 0 saturated heterocycles. The number of para-hydroxylation sites is 1. The first-order valence-electron chi connectivity index (χ1n) is 8.00. The van der Waals surface area contributed by atoms with Crippen LogP contribution >= 0.6 is 0 Å². The maximum absolute atomic E-state index is 5.68. The van der Waals surface area contributed by atoms with Crippen molar-refractivity contribution in [3.63, 3.8) is 0 Å². The summed E-state index contributed by atoms with van der Waals surface area (Å²) in [6, 6.07) is 11.7. The molecule has 0 atom stereocenters. The molecule has 126 valence electrons. The lowest BCUT2D eigenvalue weighted by Gasteiger charge is -2.48. The Morgan fingerprint density at radius 2 is 1.45 bits per heavy atom. The van der Waals surface area contributed by atoms with Crippen LogP contribution < -0.4 is 4.57 Å². The Bertz CT molecular complexity index is 453. The first-order chi connectivity index (χ1) is 10.1. The largest absolute Gasteiger partial charge is 0.398 e. The minimum absolute atomic E-state index is 0.293. The van der Waals surface area contributed by atoms with Crippen LogP contribution in [0.3, 0.4) is 0 Å². The maximum atomic E-state index is 5.68. The first-order valence-corrected chi connectivity index (χ1v) is 13.5. The number of anilines is 1. The second kappa shape index (κ2) is 7.30. The number of hydrogen-bond acceptors (Lipinski definition) is 3. The van der Waals surface area contributed by atoms with E-state index in [2.05, 4.69) is 75.3 Å². The molecule has 0 unspecified atom stereocenters. The Hall–Kier alpha value is -0.626. The van der Waals surface area contributed by atoms with E-state index in [0.717, 1.165) is 12.6 Å². The van der Waals surface area contributed by atoms with Gasteiger partial charge in [0.2, 0.25) is 0 Å². The van der Waals surface area contributed by atoms with Crippen LogP contribution in [-0.4, -0.2) is 37.6 Å². The molecule has 0 aliphatic rings. The fourth-order valence-electron chi connectivity index (χ4n) is 2.35. The van der Waals surface area contributed by atoms with Crippen molar-refractivity contribution in [2.24, 2.45) is 0 Å². The second-order valence-electron chi connectivity index (χ2n) is 7.59.